The Balaban J connectivity index is 2.58. The Hall–Kier alpha value is 0.230. The lowest BCUT2D eigenvalue weighted by atomic mass is 9.89. The summed E-state index contributed by atoms with van der Waals surface area (Å²) in [6.45, 7) is 7.95. The Bertz CT molecular complexity index is 225. The van der Waals surface area contributed by atoms with Gasteiger partial charge in [-0.1, -0.05) is 6.92 Å². The van der Waals surface area contributed by atoms with E-state index in [2.05, 4.69) is 30.0 Å². The molecule has 1 fully saturated rings. The summed E-state index contributed by atoms with van der Waals surface area (Å²) >= 11 is 1.92. The van der Waals surface area contributed by atoms with Gasteiger partial charge in [0.25, 0.3) is 0 Å². The molecule has 1 atom stereocenters. The zero-order valence-corrected chi connectivity index (χ0v) is 13.3. The molecule has 4 heteroatoms. The number of rotatable bonds is 7. The van der Waals surface area contributed by atoms with Crippen LogP contribution >= 0.6 is 11.8 Å². The van der Waals surface area contributed by atoms with Gasteiger partial charge in [-0.2, -0.15) is 11.8 Å². The van der Waals surface area contributed by atoms with Crippen LogP contribution in [-0.2, 0) is 0 Å². The van der Waals surface area contributed by atoms with Gasteiger partial charge in [-0.15, -0.1) is 0 Å². The van der Waals surface area contributed by atoms with Crippen molar-refractivity contribution < 1.29 is 0 Å². The molecule has 0 bridgehead atoms. The highest BCUT2D eigenvalue weighted by Crippen LogP contribution is 2.27. The van der Waals surface area contributed by atoms with Gasteiger partial charge in [-0.25, -0.2) is 0 Å². The van der Waals surface area contributed by atoms with Crippen LogP contribution in [0.1, 0.15) is 32.6 Å². The summed E-state index contributed by atoms with van der Waals surface area (Å²) in [6.07, 6.45) is 7.22. The molecule has 0 aliphatic carbocycles. The van der Waals surface area contributed by atoms with Gasteiger partial charge in [0.15, 0.2) is 0 Å². The molecule has 1 saturated heterocycles. The highest BCUT2D eigenvalue weighted by molar-refractivity contribution is 7.98. The molecule has 2 N–H and O–H groups in total. The molecule has 0 aromatic rings. The average Bonchev–Trinajstić information content (AvgIpc) is 2.60. The van der Waals surface area contributed by atoms with E-state index in [0.717, 1.165) is 13.1 Å². The standard InChI is InChI=1S/C14H31N3S/c1-4-8-17-9-5-6-14(13-15,7-10-17)16(2)11-12-18-3/h4-13,15H2,1-3H3. The van der Waals surface area contributed by atoms with E-state index in [9.17, 15) is 0 Å². The molecule has 0 aromatic heterocycles. The second-order valence-corrected chi connectivity index (χ2v) is 6.52. The number of likely N-dealkylation sites (tertiary alicyclic amines) is 1. The monoisotopic (exact) mass is 273 g/mol. The fourth-order valence-corrected chi connectivity index (χ4v) is 3.44. The Morgan fingerprint density at radius 2 is 2.11 bits per heavy atom. The summed E-state index contributed by atoms with van der Waals surface area (Å²) in [6, 6.07) is 0. The molecule has 1 heterocycles. The van der Waals surface area contributed by atoms with Gasteiger partial charge in [-0.3, -0.25) is 4.90 Å². The van der Waals surface area contributed by atoms with Crippen LogP contribution in [-0.4, -0.2) is 67.1 Å². The van der Waals surface area contributed by atoms with E-state index in [1.807, 2.05) is 11.8 Å². The first-order chi connectivity index (χ1) is 8.68. The number of hydrogen-bond donors (Lipinski definition) is 1. The normalized spacial score (nSPS) is 26.5. The lowest BCUT2D eigenvalue weighted by molar-refractivity contribution is 0.114. The van der Waals surface area contributed by atoms with Crippen LogP contribution in [0.5, 0.6) is 0 Å². The Labute approximate surface area is 117 Å². The minimum absolute atomic E-state index is 0.248. The predicted molar refractivity (Wildman–Crippen MR) is 83.4 cm³/mol. The van der Waals surface area contributed by atoms with Crippen molar-refractivity contribution in [3.05, 3.63) is 0 Å². The first kappa shape index (κ1) is 16.3. The maximum atomic E-state index is 6.13. The highest BCUT2D eigenvalue weighted by Gasteiger charge is 2.34. The molecule has 1 aliphatic heterocycles. The van der Waals surface area contributed by atoms with Crippen molar-refractivity contribution in [3.8, 4) is 0 Å². The van der Waals surface area contributed by atoms with Crippen molar-refractivity contribution in [3.63, 3.8) is 0 Å². The van der Waals surface area contributed by atoms with Gasteiger partial charge in [0.2, 0.25) is 0 Å². The van der Waals surface area contributed by atoms with Crippen LogP contribution in [0.15, 0.2) is 0 Å². The maximum Gasteiger partial charge on any atom is 0.0341 e. The number of nitrogens with two attached hydrogens (primary N) is 1. The third-order valence-electron chi connectivity index (χ3n) is 4.37. The van der Waals surface area contributed by atoms with Crippen molar-refractivity contribution in [2.75, 3.05) is 51.8 Å². The Morgan fingerprint density at radius 3 is 2.72 bits per heavy atom. The third kappa shape index (κ3) is 4.41. The fraction of sp³-hybridized carbons (Fsp3) is 1.00. The van der Waals surface area contributed by atoms with Crippen LogP contribution in [0.3, 0.4) is 0 Å². The minimum Gasteiger partial charge on any atom is -0.329 e. The van der Waals surface area contributed by atoms with E-state index in [1.165, 1.54) is 51.1 Å². The summed E-state index contributed by atoms with van der Waals surface area (Å²) in [5.74, 6) is 1.21. The number of thioether (sulfide) groups is 1. The lowest BCUT2D eigenvalue weighted by Gasteiger charge is -2.41. The molecule has 1 rings (SSSR count). The summed E-state index contributed by atoms with van der Waals surface area (Å²) in [5.41, 5.74) is 6.38. The van der Waals surface area contributed by atoms with Gasteiger partial charge in [0, 0.05) is 24.4 Å². The molecule has 108 valence electrons. The number of likely N-dealkylation sites (N-methyl/N-ethyl adjacent to an activating group) is 1. The number of nitrogens with zero attached hydrogens (tertiary/aromatic N) is 2. The van der Waals surface area contributed by atoms with Crippen molar-refractivity contribution in [2.24, 2.45) is 5.73 Å². The molecule has 3 nitrogen and oxygen atoms in total. The average molecular weight is 273 g/mol. The van der Waals surface area contributed by atoms with E-state index < -0.39 is 0 Å². The van der Waals surface area contributed by atoms with Crippen LogP contribution < -0.4 is 5.73 Å². The van der Waals surface area contributed by atoms with Crippen molar-refractivity contribution in [1.29, 1.82) is 0 Å². The van der Waals surface area contributed by atoms with Gasteiger partial charge >= 0.3 is 0 Å². The molecular weight excluding hydrogens is 242 g/mol. The quantitative estimate of drug-likeness (QED) is 0.768. The first-order valence-electron chi connectivity index (χ1n) is 7.31. The highest BCUT2D eigenvalue weighted by atomic mass is 32.2. The molecule has 0 aromatic carbocycles. The molecule has 1 unspecified atom stereocenters. The van der Waals surface area contributed by atoms with E-state index in [1.54, 1.807) is 0 Å². The number of hydrogen-bond acceptors (Lipinski definition) is 4. The van der Waals surface area contributed by atoms with E-state index in [0.29, 0.717) is 0 Å². The Kier molecular flexibility index (Phi) is 7.61. The van der Waals surface area contributed by atoms with Crippen LogP contribution in [0.4, 0.5) is 0 Å². The fourth-order valence-electron chi connectivity index (χ4n) is 2.98. The zero-order chi connectivity index (χ0) is 13.4. The second-order valence-electron chi connectivity index (χ2n) is 5.54. The molecule has 0 saturated carbocycles. The predicted octanol–water partition coefficient (Wildman–Crippen LogP) is 1.87. The smallest absolute Gasteiger partial charge is 0.0341 e. The molecule has 0 radical (unpaired) electrons. The molecule has 0 spiro atoms. The summed E-state index contributed by atoms with van der Waals surface area (Å²) in [4.78, 5) is 5.14. The first-order valence-corrected chi connectivity index (χ1v) is 8.70. The molecule has 1 aliphatic rings. The SMILES string of the molecule is CCCN1CCCC(CN)(N(C)CCSC)CC1. The lowest BCUT2D eigenvalue weighted by Crippen LogP contribution is -2.53. The van der Waals surface area contributed by atoms with Crippen molar-refractivity contribution in [1.82, 2.24) is 9.80 Å². The van der Waals surface area contributed by atoms with E-state index in [4.69, 9.17) is 5.73 Å². The van der Waals surface area contributed by atoms with Crippen molar-refractivity contribution in [2.45, 2.75) is 38.1 Å². The van der Waals surface area contributed by atoms with Gasteiger partial charge < -0.3 is 10.6 Å². The van der Waals surface area contributed by atoms with Gasteiger partial charge in [-0.05, 0) is 58.6 Å². The van der Waals surface area contributed by atoms with Crippen LogP contribution in [0.25, 0.3) is 0 Å². The molecular formula is C14H31N3S. The Morgan fingerprint density at radius 1 is 1.33 bits per heavy atom. The van der Waals surface area contributed by atoms with E-state index in [-0.39, 0.29) is 5.54 Å². The van der Waals surface area contributed by atoms with E-state index >= 15 is 0 Å². The summed E-state index contributed by atoms with van der Waals surface area (Å²) in [5, 5.41) is 0. The van der Waals surface area contributed by atoms with Crippen molar-refractivity contribution >= 4 is 11.8 Å². The van der Waals surface area contributed by atoms with Crippen LogP contribution in [0.2, 0.25) is 0 Å². The molecule has 0 amide bonds. The van der Waals surface area contributed by atoms with Crippen LogP contribution in [0, 0.1) is 0 Å². The van der Waals surface area contributed by atoms with Gasteiger partial charge in [0.1, 0.15) is 0 Å². The topological polar surface area (TPSA) is 32.5 Å². The maximum absolute atomic E-state index is 6.13. The van der Waals surface area contributed by atoms with Gasteiger partial charge in [0.05, 0.1) is 0 Å². The summed E-state index contributed by atoms with van der Waals surface area (Å²) in [7, 11) is 2.26. The third-order valence-corrected chi connectivity index (χ3v) is 4.96. The largest absolute Gasteiger partial charge is 0.329 e. The molecule has 18 heavy (non-hydrogen) atoms. The minimum atomic E-state index is 0.248. The summed E-state index contributed by atoms with van der Waals surface area (Å²) < 4.78 is 0. The zero-order valence-electron chi connectivity index (χ0n) is 12.5. The second kappa shape index (κ2) is 8.41.